The Balaban J connectivity index is 2.62. The van der Waals surface area contributed by atoms with Gasteiger partial charge in [0, 0.05) is 18.5 Å². The van der Waals surface area contributed by atoms with Crippen molar-refractivity contribution in [3.8, 4) is 0 Å². The number of esters is 2. The molecule has 6 nitrogen and oxygen atoms in total. The fourth-order valence-electron chi connectivity index (χ4n) is 1.06. The van der Waals surface area contributed by atoms with Crippen LogP contribution in [0.1, 0.15) is 24.3 Å². The number of hydrogen-bond acceptors (Lipinski definition) is 5. The summed E-state index contributed by atoms with van der Waals surface area (Å²) in [6, 6.07) is 1.51. The van der Waals surface area contributed by atoms with Crippen LogP contribution in [0.4, 0.5) is 0 Å². The Kier molecular flexibility index (Phi) is 4.93. The Labute approximate surface area is 98.8 Å². The maximum absolute atomic E-state index is 11.3. The standard InChI is InChI=1S/C11H14N2O4/c1-3-16-10(14)6-8-13-7-5-9(12-13)11(15)17-4-2/h5-8H,3-4H2,1-2H3/b8-6+. The minimum absolute atomic E-state index is 0.195. The van der Waals surface area contributed by atoms with E-state index in [1.807, 2.05) is 0 Å². The molecule has 0 unspecified atom stereocenters. The molecule has 0 amide bonds. The van der Waals surface area contributed by atoms with Crippen molar-refractivity contribution in [1.82, 2.24) is 9.78 Å². The van der Waals surface area contributed by atoms with Gasteiger partial charge in [-0.2, -0.15) is 5.10 Å². The molecule has 1 rings (SSSR count). The van der Waals surface area contributed by atoms with Crippen molar-refractivity contribution < 1.29 is 19.1 Å². The molecule has 0 aliphatic heterocycles. The molecule has 0 saturated carbocycles. The quantitative estimate of drug-likeness (QED) is 0.567. The number of hydrogen-bond donors (Lipinski definition) is 0. The molecule has 6 heteroatoms. The summed E-state index contributed by atoms with van der Waals surface area (Å²) in [7, 11) is 0. The summed E-state index contributed by atoms with van der Waals surface area (Å²) in [5, 5.41) is 3.91. The second-order valence-electron chi connectivity index (χ2n) is 2.97. The third kappa shape index (κ3) is 4.10. The Morgan fingerprint density at radius 2 is 2.06 bits per heavy atom. The van der Waals surface area contributed by atoms with Crippen LogP contribution < -0.4 is 0 Å². The van der Waals surface area contributed by atoms with Crippen LogP contribution in [-0.2, 0) is 14.3 Å². The highest BCUT2D eigenvalue weighted by Crippen LogP contribution is 1.99. The average Bonchev–Trinajstić information content (AvgIpc) is 2.76. The van der Waals surface area contributed by atoms with E-state index in [2.05, 4.69) is 5.10 Å². The zero-order chi connectivity index (χ0) is 12.7. The predicted octanol–water partition coefficient (Wildman–Crippen LogP) is 1.09. The number of carbonyl (C=O) groups excluding carboxylic acids is 2. The molecule has 0 radical (unpaired) electrons. The lowest BCUT2D eigenvalue weighted by atomic mass is 10.4. The van der Waals surface area contributed by atoms with E-state index < -0.39 is 11.9 Å². The smallest absolute Gasteiger partial charge is 0.358 e. The fourth-order valence-corrected chi connectivity index (χ4v) is 1.06. The first-order chi connectivity index (χ1) is 8.17. The van der Waals surface area contributed by atoms with Crippen molar-refractivity contribution in [2.75, 3.05) is 13.2 Å². The van der Waals surface area contributed by atoms with Crippen LogP contribution >= 0.6 is 0 Å². The molecule has 17 heavy (non-hydrogen) atoms. The maximum Gasteiger partial charge on any atom is 0.358 e. The van der Waals surface area contributed by atoms with Crippen molar-refractivity contribution >= 4 is 18.1 Å². The monoisotopic (exact) mass is 238 g/mol. The van der Waals surface area contributed by atoms with Gasteiger partial charge in [-0.1, -0.05) is 0 Å². The Morgan fingerprint density at radius 3 is 2.71 bits per heavy atom. The molecular weight excluding hydrogens is 224 g/mol. The van der Waals surface area contributed by atoms with Gasteiger partial charge in [0.25, 0.3) is 0 Å². The highest BCUT2D eigenvalue weighted by molar-refractivity contribution is 5.87. The van der Waals surface area contributed by atoms with Gasteiger partial charge >= 0.3 is 11.9 Å². The Morgan fingerprint density at radius 1 is 1.35 bits per heavy atom. The minimum atomic E-state index is -0.490. The molecule has 0 aromatic carbocycles. The fraction of sp³-hybridized carbons (Fsp3) is 0.364. The normalized spacial score (nSPS) is 10.5. The number of aromatic nitrogens is 2. The first-order valence-electron chi connectivity index (χ1n) is 5.24. The lowest BCUT2D eigenvalue weighted by molar-refractivity contribution is -0.137. The highest BCUT2D eigenvalue weighted by Gasteiger charge is 2.09. The molecule has 92 valence electrons. The lowest BCUT2D eigenvalue weighted by Gasteiger charge is -1.96. The van der Waals surface area contributed by atoms with Crippen LogP contribution in [0, 0.1) is 0 Å². The molecule has 0 aliphatic carbocycles. The molecule has 0 atom stereocenters. The van der Waals surface area contributed by atoms with Crippen LogP contribution in [0.5, 0.6) is 0 Å². The topological polar surface area (TPSA) is 70.4 Å². The number of ether oxygens (including phenoxy) is 2. The van der Waals surface area contributed by atoms with Gasteiger partial charge in [0.1, 0.15) is 0 Å². The summed E-state index contributed by atoms with van der Waals surface area (Å²) < 4.78 is 10.8. The first kappa shape index (κ1) is 13.0. The van der Waals surface area contributed by atoms with E-state index in [0.29, 0.717) is 13.2 Å². The summed E-state index contributed by atoms with van der Waals surface area (Å²) in [5.41, 5.74) is 0.195. The molecule has 1 aromatic heterocycles. The molecule has 0 saturated heterocycles. The average molecular weight is 238 g/mol. The predicted molar refractivity (Wildman–Crippen MR) is 60.1 cm³/mol. The summed E-state index contributed by atoms with van der Waals surface area (Å²) >= 11 is 0. The zero-order valence-electron chi connectivity index (χ0n) is 9.75. The second kappa shape index (κ2) is 6.47. The number of rotatable bonds is 5. The number of nitrogens with zero attached hydrogens (tertiary/aromatic N) is 2. The van der Waals surface area contributed by atoms with Gasteiger partial charge < -0.3 is 9.47 Å². The van der Waals surface area contributed by atoms with Gasteiger partial charge in [-0.05, 0) is 19.9 Å². The molecule has 0 fully saturated rings. The van der Waals surface area contributed by atoms with Gasteiger partial charge in [0.2, 0.25) is 0 Å². The maximum atomic E-state index is 11.3. The molecule has 0 spiro atoms. The largest absolute Gasteiger partial charge is 0.463 e. The highest BCUT2D eigenvalue weighted by atomic mass is 16.5. The third-order valence-electron chi connectivity index (χ3n) is 1.74. The summed E-state index contributed by atoms with van der Waals surface area (Å²) in [4.78, 5) is 22.3. The van der Waals surface area contributed by atoms with E-state index in [1.165, 1.54) is 23.0 Å². The molecule has 1 aromatic rings. The van der Waals surface area contributed by atoms with Gasteiger partial charge in [-0.3, -0.25) is 0 Å². The van der Waals surface area contributed by atoms with Crippen LogP contribution in [0.2, 0.25) is 0 Å². The van der Waals surface area contributed by atoms with Crippen molar-refractivity contribution in [1.29, 1.82) is 0 Å². The lowest BCUT2D eigenvalue weighted by Crippen LogP contribution is -2.06. The van der Waals surface area contributed by atoms with Crippen LogP contribution in [0.3, 0.4) is 0 Å². The molecule has 0 N–H and O–H groups in total. The minimum Gasteiger partial charge on any atom is -0.463 e. The van der Waals surface area contributed by atoms with Crippen molar-refractivity contribution in [3.05, 3.63) is 24.0 Å². The number of carbonyl (C=O) groups is 2. The third-order valence-corrected chi connectivity index (χ3v) is 1.74. The summed E-state index contributed by atoms with van der Waals surface area (Å²) in [5.74, 6) is -0.948. The first-order valence-corrected chi connectivity index (χ1v) is 5.24. The van der Waals surface area contributed by atoms with Crippen LogP contribution in [0.25, 0.3) is 6.20 Å². The van der Waals surface area contributed by atoms with Crippen LogP contribution in [0.15, 0.2) is 18.3 Å². The van der Waals surface area contributed by atoms with E-state index in [4.69, 9.17) is 9.47 Å². The SMILES string of the molecule is CCOC(=O)/C=C/n1ccc(C(=O)OCC)n1. The summed E-state index contributed by atoms with van der Waals surface area (Å²) in [6.45, 7) is 4.05. The summed E-state index contributed by atoms with van der Waals surface area (Å²) in [6.07, 6.45) is 4.17. The van der Waals surface area contributed by atoms with Crippen molar-refractivity contribution in [3.63, 3.8) is 0 Å². The second-order valence-corrected chi connectivity index (χ2v) is 2.97. The molecule has 0 aliphatic rings. The van der Waals surface area contributed by atoms with Gasteiger partial charge in [0.15, 0.2) is 5.69 Å². The Bertz CT molecular complexity index is 423. The zero-order valence-corrected chi connectivity index (χ0v) is 9.75. The van der Waals surface area contributed by atoms with Gasteiger partial charge in [0.05, 0.1) is 13.2 Å². The molecule has 1 heterocycles. The van der Waals surface area contributed by atoms with E-state index >= 15 is 0 Å². The molecular formula is C11H14N2O4. The van der Waals surface area contributed by atoms with E-state index in [1.54, 1.807) is 20.0 Å². The van der Waals surface area contributed by atoms with E-state index in [0.717, 1.165) is 0 Å². The van der Waals surface area contributed by atoms with E-state index in [9.17, 15) is 9.59 Å². The Hall–Kier alpha value is -2.11. The van der Waals surface area contributed by atoms with Crippen LogP contribution in [-0.4, -0.2) is 34.9 Å². The van der Waals surface area contributed by atoms with Gasteiger partial charge in [-0.25, -0.2) is 14.3 Å². The molecule has 0 bridgehead atoms. The van der Waals surface area contributed by atoms with Gasteiger partial charge in [-0.15, -0.1) is 0 Å². The van der Waals surface area contributed by atoms with Crippen molar-refractivity contribution in [2.24, 2.45) is 0 Å². The van der Waals surface area contributed by atoms with Crippen molar-refractivity contribution in [2.45, 2.75) is 13.8 Å². The van der Waals surface area contributed by atoms with E-state index in [-0.39, 0.29) is 5.69 Å².